The maximum Gasteiger partial charge on any atom is 0.221 e. The molecule has 0 atom stereocenters. The first-order valence-electron chi connectivity index (χ1n) is 5.16. The van der Waals surface area contributed by atoms with Crippen molar-refractivity contribution in [1.29, 1.82) is 0 Å². The quantitative estimate of drug-likeness (QED) is 0.946. The van der Waals surface area contributed by atoms with Crippen LogP contribution in [0.4, 0.5) is 5.69 Å². The fourth-order valence-corrected chi connectivity index (χ4v) is 2.05. The number of methoxy groups -OCH3 is 1. The van der Waals surface area contributed by atoms with Crippen LogP contribution in [0.1, 0.15) is 6.92 Å². The summed E-state index contributed by atoms with van der Waals surface area (Å²) in [5.41, 5.74) is 1.38. The standard InChI is InChI=1S/C12H11BrN2O3/c1-7(16)15-10-4-8(17-2)3-9(12(10)13)11-5-14-6-18-11/h3-6H,1-2H3,(H,15,16). The Morgan fingerprint density at radius 3 is 2.83 bits per heavy atom. The lowest BCUT2D eigenvalue weighted by molar-refractivity contribution is -0.114. The van der Waals surface area contributed by atoms with Crippen molar-refractivity contribution in [2.24, 2.45) is 0 Å². The smallest absolute Gasteiger partial charge is 0.221 e. The van der Waals surface area contributed by atoms with Crippen LogP contribution in [-0.2, 0) is 4.79 Å². The molecule has 94 valence electrons. The van der Waals surface area contributed by atoms with Crippen molar-refractivity contribution in [2.75, 3.05) is 12.4 Å². The molecule has 0 fully saturated rings. The highest BCUT2D eigenvalue weighted by molar-refractivity contribution is 9.10. The summed E-state index contributed by atoms with van der Waals surface area (Å²) in [7, 11) is 1.56. The summed E-state index contributed by atoms with van der Waals surface area (Å²) in [6, 6.07) is 3.53. The number of anilines is 1. The molecule has 18 heavy (non-hydrogen) atoms. The van der Waals surface area contributed by atoms with E-state index in [1.54, 1.807) is 25.4 Å². The molecule has 2 aromatic rings. The number of hydrogen-bond donors (Lipinski definition) is 1. The minimum Gasteiger partial charge on any atom is -0.497 e. The number of carbonyl (C=O) groups excluding carboxylic acids is 1. The minimum atomic E-state index is -0.160. The Labute approximate surface area is 112 Å². The Hall–Kier alpha value is -1.82. The zero-order valence-electron chi connectivity index (χ0n) is 9.86. The molecule has 0 unspecified atom stereocenters. The fraction of sp³-hybridized carbons (Fsp3) is 0.167. The van der Waals surface area contributed by atoms with Gasteiger partial charge in [0.25, 0.3) is 0 Å². The van der Waals surface area contributed by atoms with Gasteiger partial charge in [-0.1, -0.05) is 0 Å². The van der Waals surface area contributed by atoms with Gasteiger partial charge in [-0.15, -0.1) is 0 Å². The van der Waals surface area contributed by atoms with Crippen LogP contribution in [0.3, 0.4) is 0 Å². The van der Waals surface area contributed by atoms with Gasteiger partial charge in [0.05, 0.1) is 23.5 Å². The third-order valence-electron chi connectivity index (χ3n) is 2.29. The number of hydrogen-bond acceptors (Lipinski definition) is 4. The third kappa shape index (κ3) is 2.53. The third-order valence-corrected chi connectivity index (χ3v) is 3.14. The lowest BCUT2D eigenvalue weighted by Gasteiger charge is -2.11. The molecule has 0 aliphatic heterocycles. The lowest BCUT2D eigenvalue weighted by atomic mass is 10.1. The Morgan fingerprint density at radius 1 is 1.50 bits per heavy atom. The molecule has 1 amide bonds. The molecular weight excluding hydrogens is 300 g/mol. The van der Waals surface area contributed by atoms with E-state index in [1.165, 1.54) is 13.3 Å². The van der Waals surface area contributed by atoms with Gasteiger partial charge in [-0.25, -0.2) is 4.98 Å². The number of ether oxygens (including phenoxy) is 1. The van der Waals surface area contributed by atoms with E-state index in [9.17, 15) is 4.79 Å². The number of benzene rings is 1. The first-order chi connectivity index (χ1) is 8.61. The molecule has 6 heteroatoms. The van der Waals surface area contributed by atoms with E-state index in [0.29, 0.717) is 17.2 Å². The number of carbonyl (C=O) groups is 1. The maximum atomic E-state index is 11.2. The number of rotatable bonds is 3. The van der Waals surface area contributed by atoms with Gasteiger partial charge in [0, 0.05) is 18.6 Å². The fourth-order valence-electron chi connectivity index (χ4n) is 1.52. The van der Waals surface area contributed by atoms with Crippen molar-refractivity contribution < 1.29 is 13.9 Å². The van der Waals surface area contributed by atoms with Gasteiger partial charge in [-0.05, 0) is 22.0 Å². The van der Waals surface area contributed by atoms with Crippen LogP contribution in [0.2, 0.25) is 0 Å². The molecular formula is C12H11BrN2O3. The first kappa shape index (κ1) is 12.6. The van der Waals surface area contributed by atoms with Gasteiger partial charge in [0.2, 0.25) is 5.91 Å². The topological polar surface area (TPSA) is 64.4 Å². The van der Waals surface area contributed by atoms with E-state index in [4.69, 9.17) is 9.15 Å². The summed E-state index contributed by atoms with van der Waals surface area (Å²) in [4.78, 5) is 15.0. The van der Waals surface area contributed by atoms with Crippen LogP contribution < -0.4 is 10.1 Å². The second-order valence-corrected chi connectivity index (χ2v) is 4.38. The summed E-state index contributed by atoms with van der Waals surface area (Å²) in [6.07, 6.45) is 2.94. The number of nitrogens with one attached hydrogen (secondary N) is 1. The largest absolute Gasteiger partial charge is 0.497 e. The van der Waals surface area contributed by atoms with E-state index >= 15 is 0 Å². The maximum absolute atomic E-state index is 11.2. The summed E-state index contributed by atoms with van der Waals surface area (Å²) in [5.74, 6) is 1.05. The molecule has 5 nitrogen and oxygen atoms in total. The highest BCUT2D eigenvalue weighted by Crippen LogP contribution is 2.37. The highest BCUT2D eigenvalue weighted by atomic mass is 79.9. The van der Waals surface area contributed by atoms with Crippen molar-refractivity contribution in [2.45, 2.75) is 6.92 Å². The van der Waals surface area contributed by atoms with Crippen molar-refractivity contribution in [3.63, 3.8) is 0 Å². The van der Waals surface area contributed by atoms with Gasteiger partial charge >= 0.3 is 0 Å². The van der Waals surface area contributed by atoms with Crippen LogP contribution >= 0.6 is 15.9 Å². The summed E-state index contributed by atoms with van der Waals surface area (Å²) in [6.45, 7) is 1.44. The van der Waals surface area contributed by atoms with Crippen LogP contribution in [0.15, 0.2) is 33.6 Å². The van der Waals surface area contributed by atoms with Gasteiger partial charge in [0.15, 0.2) is 12.2 Å². The molecule has 0 saturated heterocycles. The zero-order chi connectivity index (χ0) is 13.1. The normalized spacial score (nSPS) is 10.2. The van der Waals surface area contributed by atoms with Crippen LogP contribution in [0, 0.1) is 0 Å². The number of amides is 1. The van der Waals surface area contributed by atoms with Crippen LogP contribution in [0.5, 0.6) is 5.75 Å². The monoisotopic (exact) mass is 310 g/mol. The number of nitrogens with zero attached hydrogens (tertiary/aromatic N) is 1. The SMILES string of the molecule is COc1cc(NC(C)=O)c(Br)c(-c2cnco2)c1. The average molecular weight is 311 g/mol. The second kappa shape index (κ2) is 5.22. The number of oxazole rings is 1. The summed E-state index contributed by atoms with van der Waals surface area (Å²) < 4.78 is 11.2. The molecule has 1 N–H and O–H groups in total. The molecule has 0 spiro atoms. The Morgan fingerprint density at radius 2 is 2.28 bits per heavy atom. The molecule has 0 aliphatic rings. The van der Waals surface area contributed by atoms with Crippen molar-refractivity contribution >= 4 is 27.5 Å². The zero-order valence-corrected chi connectivity index (χ0v) is 11.4. The summed E-state index contributed by atoms with van der Waals surface area (Å²) >= 11 is 3.44. The predicted octanol–water partition coefficient (Wildman–Crippen LogP) is 3.07. The van der Waals surface area contributed by atoms with Crippen LogP contribution in [0.25, 0.3) is 11.3 Å². The Balaban J connectivity index is 2.55. The molecule has 1 aromatic carbocycles. The van der Waals surface area contributed by atoms with E-state index in [1.807, 2.05) is 0 Å². The lowest BCUT2D eigenvalue weighted by Crippen LogP contribution is -2.07. The molecule has 2 rings (SSSR count). The minimum absolute atomic E-state index is 0.160. The van der Waals surface area contributed by atoms with E-state index < -0.39 is 0 Å². The average Bonchev–Trinajstić information content (AvgIpc) is 2.84. The molecule has 0 radical (unpaired) electrons. The van der Waals surface area contributed by atoms with Crippen LogP contribution in [-0.4, -0.2) is 18.0 Å². The Kier molecular flexibility index (Phi) is 3.66. The molecule has 1 heterocycles. The van der Waals surface area contributed by atoms with E-state index in [-0.39, 0.29) is 5.91 Å². The number of halogens is 1. The first-order valence-corrected chi connectivity index (χ1v) is 5.95. The number of aromatic nitrogens is 1. The molecule has 0 bridgehead atoms. The highest BCUT2D eigenvalue weighted by Gasteiger charge is 2.14. The predicted molar refractivity (Wildman–Crippen MR) is 70.5 cm³/mol. The second-order valence-electron chi connectivity index (χ2n) is 3.58. The van der Waals surface area contributed by atoms with Gasteiger partial charge in [-0.2, -0.15) is 0 Å². The van der Waals surface area contributed by atoms with E-state index in [0.717, 1.165) is 10.0 Å². The molecule has 0 saturated carbocycles. The van der Waals surface area contributed by atoms with Gasteiger partial charge in [0.1, 0.15) is 5.75 Å². The molecule has 0 aliphatic carbocycles. The van der Waals surface area contributed by atoms with Crippen molar-refractivity contribution in [3.8, 4) is 17.1 Å². The molecule has 1 aromatic heterocycles. The van der Waals surface area contributed by atoms with Gasteiger partial charge in [-0.3, -0.25) is 4.79 Å². The Bertz CT molecular complexity index is 567. The van der Waals surface area contributed by atoms with E-state index in [2.05, 4.69) is 26.2 Å². The van der Waals surface area contributed by atoms with Crippen molar-refractivity contribution in [3.05, 3.63) is 29.2 Å². The van der Waals surface area contributed by atoms with Crippen molar-refractivity contribution in [1.82, 2.24) is 4.98 Å². The van der Waals surface area contributed by atoms with Gasteiger partial charge < -0.3 is 14.5 Å². The summed E-state index contributed by atoms with van der Waals surface area (Å²) in [5, 5.41) is 2.72.